The molecule has 4 nitrogen and oxygen atoms in total. The van der Waals surface area contributed by atoms with Gasteiger partial charge in [-0.15, -0.1) is 0 Å². The van der Waals surface area contributed by atoms with Crippen LogP contribution in [0.5, 0.6) is 0 Å². The lowest BCUT2D eigenvalue weighted by molar-refractivity contribution is 0.0698. The third kappa shape index (κ3) is 3.40. The van der Waals surface area contributed by atoms with Crippen molar-refractivity contribution in [1.29, 1.82) is 0 Å². The van der Waals surface area contributed by atoms with E-state index in [0.29, 0.717) is 4.47 Å². The fourth-order valence-corrected chi connectivity index (χ4v) is 2.21. The van der Waals surface area contributed by atoms with Crippen molar-refractivity contribution in [3.8, 4) is 0 Å². The van der Waals surface area contributed by atoms with E-state index in [1.54, 1.807) is 0 Å². The van der Waals surface area contributed by atoms with Gasteiger partial charge in [0.15, 0.2) is 5.82 Å². The molecule has 2 N–H and O–H groups in total. The van der Waals surface area contributed by atoms with Gasteiger partial charge in [0.2, 0.25) is 0 Å². The van der Waals surface area contributed by atoms with Crippen molar-refractivity contribution in [1.82, 2.24) is 0 Å². The van der Waals surface area contributed by atoms with Crippen molar-refractivity contribution in [3.63, 3.8) is 0 Å². The molecule has 0 radical (unpaired) electrons. The van der Waals surface area contributed by atoms with E-state index < -0.39 is 17.7 Å². The molecule has 2 aromatic rings. The molecule has 0 spiro atoms. The van der Waals surface area contributed by atoms with E-state index in [1.165, 1.54) is 36.4 Å². The fraction of sp³-hybridized carbons (Fsp3) is 0. The van der Waals surface area contributed by atoms with Gasteiger partial charge in [-0.3, -0.25) is 4.79 Å². The van der Waals surface area contributed by atoms with Gasteiger partial charge in [0.05, 0.1) is 21.8 Å². The molecule has 108 valence electrons. The van der Waals surface area contributed by atoms with Gasteiger partial charge in [0.25, 0.3) is 5.91 Å². The van der Waals surface area contributed by atoms with Crippen molar-refractivity contribution >= 4 is 45.1 Å². The van der Waals surface area contributed by atoms with E-state index in [-0.39, 0.29) is 21.8 Å². The summed E-state index contributed by atoms with van der Waals surface area (Å²) in [4.78, 5) is 23.2. The number of carboxylic acids is 1. The van der Waals surface area contributed by atoms with Crippen LogP contribution in [0.2, 0.25) is 5.02 Å². The Labute approximate surface area is 132 Å². The quantitative estimate of drug-likeness (QED) is 0.849. The zero-order chi connectivity index (χ0) is 15.6. The maximum absolute atomic E-state index is 13.8. The summed E-state index contributed by atoms with van der Waals surface area (Å²) in [6.45, 7) is 0. The number of nitrogens with one attached hydrogen (secondary N) is 1. The van der Waals surface area contributed by atoms with Crippen LogP contribution in [0.1, 0.15) is 20.7 Å². The molecule has 0 heterocycles. The van der Waals surface area contributed by atoms with Crippen LogP contribution < -0.4 is 5.32 Å². The molecule has 0 aliphatic carbocycles. The van der Waals surface area contributed by atoms with Crippen LogP contribution in [-0.2, 0) is 0 Å². The van der Waals surface area contributed by atoms with Crippen molar-refractivity contribution in [2.45, 2.75) is 0 Å². The Morgan fingerprint density at radius 3 is 2.57 bits per heavy atom. The number of benzene rings is 2. The van der Waals surface area contributed by atoms with Crippen molar-refractivity contribution in [3.05, 3.63) is 62.8 Å². The van der Waals surface area contributed by atoms with Crippen molar-refractivity contribution in [2.24, 2.45) is 0 Å². The molecule has 7 heteroatoms. The second-order valence-electron chi connectivity index (χ2n) is 4.05. The maximum Gasteiger partial charge on any atom is 0.337 e. The van der Waals surface area contributed by atoms with Gasteiger partial charge in [-0.05, 0) is 30.3 Å². The molecule has 21 heavy (non-hydrogen) atoms. The van der Waals surface area contributed by atoms with Crippen LogP contribution in [0.3, 0.4) is 0 Å². The zero-order valence-corrected chi connectivity index (χ0v) is 12.7. The molecule has 0 bridgehead atoms. The first-order valence-corrected chi connectivity index (χ1v) is 6.85. The van der Waals surface area contributed by atoms with E-state index in [0.717, 1.165) is 0 Å². The van der Waals surface area contributed by atoms with Gasteiger partial charge < -0.3 is 10.4 Å². The summed E-state index contributed by atoms with van der Waals surface area (Å²) in [7, 11) is 0. The number of hydrogen-bond acceptors (Lipinski definition) is 2. The SMILES string of the molecule is O=C(O)c1ccc(Br)cc1NC(=O)c1cccc(Cl)c1F. The number of carbonyl (C=O) groups excluding carboxylic acids is 1. The number of halogens is 3. The number of carbonyl (C=O) groups is 2. The highest BCUT2D eigenvalue weighted by Crippen LogP contribution is 2.24. The monoisotopic (exact) mass is 371 g/mol. The van der Waals surface area contributed by atoms with Crippen LogP contribution in [-0.4, -0.2) is 17.0 Å². The standard InChI is InChI=1S/C14H8BrClFNO3/c15-7-4-5-8(14(20)21)11(6-7)18-13(19)9-2-1-3-10(16)12(9)17/h1-6H,(H,18,19)(H,20,21). The summed E-state index contributed by atoms with van der Waals surface area (Å²) < 4.78 is 14.4. The van der Waals surface area contributed by atoms with Crippen LogP contribution in [0.25, 0.3) is 0 Å². The molecule has 1 amide bonds. The Kier molecular flexibility index (Phi) is 4.59. The summed E-state index contributed by atoms with van der Waals surface area (Å²) in [5.74, 6) is -2.84. The molecule has 0 atom stereocenters. The molecule has 0 unspecified atom stereocenters. The number of anilines is 1. The Bertz CT molecular complexity index is 736. The normalized spacial score (nSPS) is 10.2. The summed E-state index contributed by atoms with van der Waals surface area (Å²) in [6.07, 6.45) is 0. The van der Waals surface area contributed by atoms with Gasteiger partial charge in [0.1, 0.15) is 0 Å². The summed E-state index contributed by atoms with van der Waals surface area (Å²) in [5, 5.41) is 11.3. The average Bonchev–Trinajstić information content (AvgIpc) is 2.41. The van der Waals surface area contributed by atoms with Gasteiger partial charge in [-0.2, -0.15) is 0 Å². The summed E-state index contributed by atoms with van der Waals surface area (Å²) in [6, 6.07) is 8.28. The highest BCUT2D eigenvalue weighted by molar-refractivity contribution is 9.10. The van der Waals surface area contributed by atoms with Gasteiger partial charge in [-0.25, -0.2) is 9.18 Å². The highest BCUT2D eigenvalue weighted by Gasteiger charge is 2.17. The Hall–Kier alpha value is -1.92. The Balaban J connectivity index is 2.38. The highest BCUT2D eigenvalue weighted by atomic mass is 79.9. The molecule has 0 aliphatic heterocycles. The topological polar surface area (TPSA) is 66.4 Å². The largest absolute Gasteiger partial charge is 0.478 e. The molecule has 0 saturated heterocycles. The van der Waals surface area contributed by atoms with Crippen molar-refractivity contribution in [2.75, 3.05) is 5.32 Å². The second-order valence-corrected chi connectivity index (χ2v) is 5.37. The van der Waals surface area contributed by atoms with E-state index in [1.807, 2.05) is 0 Å². The van der Waals surface area contributed by atoms with Gasteiger partial charge >= 0.3 is 5.97 Å². The third-order valence-electron chi connectivity index (χ3n) is 2.66. The van der Waals surface area contributed by atoms with Crippen LogP contribution in [0.15, 0.2) is 40.9 Å². The maximum atomic E-state index is 13.8. The molecule has 2 rings (SSSR count). The van der Waals surface area contributed by atoms with E-state index in [4.69, 9.17) is 16.7 Å². The Morgan fingerprint density at radius 2 is 1.90 bits per heavy atom. The lowest BCUT2D eigenvalue weighted by Crippen LogP contribution is -2.16. The average molecular weight is 373 g/mol. The minimum absolute atomic E-state index is 0.0567. The van der Waals surface area contributed by atoms with E-state index in [2.05, 4.69) is 21.2 Å². The van der Waals surface area contributed by atoms with Crippen LogP contribution in [0, 0.1) is 5.82 Å². The van der Waals surface area contributed by atoms with E-state index >= 15 is 0 Å². The zero-order valence-electron chi connectivity index (χ0n) is 10.4. The smallest absolute Gasteiger partial charge is 0.337 e. The van der Waals surface area contributed by atoms with Crippen LogP contribution in [0.4, 0.5) is 10.1 Å². The van der Waals surface area contributed by atoms with Crippen LogP contribution >= 0.6 is 27.5 Å². The first-order chi connectivity index (χ1) is 9.90. The minimum Gasteiger partial charge on any atom is -0.478 e. The number of rotatable bonds is 3. The van der Waals surface area contributed by atoms with E-state index in [9.17, 15) is 14.0 Å². The first kappa shape index (κ1) is 15.5. The third-order valence-corrected chi connectivity index (χ3v) is 3.44. The predicted octanol–water partition coefficient (Wildman–Crippen LogP) is 4.19. The first-order valence-electron chi connectivity index (χ1n) is 5.68. The van der Waals surface area contributed by atoms with Gasteiger partial charge in [-0.1, -0.05) is 33.6 Å². The Morgan fingerprint density at radius 1 is 1.19 bits per heavy atom. The number of carboxylic acid groups (broad SMARTS) is 1. The lowest BCUT2D eigenvalue weighted by Gasteiger charge is -2.10. The van der Waals surface area contributed by atoms with Crippen molar-refractivity contribution < 1.29 is 19.1 Å². The molecule has 0 aromatic heterocycles. The molecule has 0 fully saturated rings. The molecule has 0 aliphatic rings. The predicted molar refractivity (Wildman–Crippen MR) is 80.5 cm³/mol. The number of hydrogen-bond donors (Lipinski definition) is 2. The molecular weight excluding hydrogens is 365 g/mol. The van der Waals surface area contributed by atoms with Gasteiger partial charge in [0, 0.05) is 4.47 Å². The second kappa shape index (κ2) is 6.24. The molecule has 2 aromatic carbocycles. The number of amides is 1. The lowest BCUT2D eigenvalue weighted by atomic mass is 10.1. The number of aromatic carboxylic acids is 1. The summed E-state index contributed by atoms with van der Waals surface area (Å²) in [5.41, 5.74) is -0.311. The molecule has 0 saturated carbocycles. The minimum atomic E-state index is -1.20. The molecular formula is C14H8BrClFNO3. The fourth-order valence-electron chi connectivity index (χ4n) is 1.68. The summed E-state index contributed by atoms with van der Waals surface area (Å²) >= 11 is 8.79.